The van der Waals surface area contributed by atoms with Crippen LogP contribution in [0.15, 0.2) is 47.1 Å². The quantitative estimate of drug-likeness (QED) is 0.856. The van der Waals surface area contributed by atoms with Gasteiger partial charge >= 0.3 is 0 Å². The predicted octanol–water partition coefficient (Wildman–Crippen LogP) is 3.79. The fourth-order valence-electron chi connectivity index (χ4n) is 4.40. The fraction of sp³-hybridized carbons (Fsp3) is 0.455. The molecule has 1 aromatic heterocycles. The molecule has 148 valence electrons. The van der Waals surface area contributed by atoms with Gasteiger partial charge in [-0.05, 0) is 44.0 Å². The second-order valence-corrected chi connectivity index (χ2v) is 7.80. The third-order valence-corrected chi connectivity index (χ3v) is 5.75. The van der Waals surface area contributed by atoms with Crippen molar-refractivity contribution >= 4 is 23.2 Å². The molecule has 28 heavy (non-hydrogen) atoms. The molecule has 2 amide bonds. The number of nitrogens with one attached hydrogen (secondary N) is 1. The summed E-state index contributed by atoms with van der Waals surface area (Å²) < 4.78 is 5.54. The summed E-state index contributed by atoms with van der Waals surface area (Å²) in [5.41, 5.74) is 1.47. The number of hydrogen-bond donors (Lipinski definition) is 1. The number of anilines is 2. The highest BCUT2D eigenvalue weighted by molar-refractivity contribution is 6.04. The number of fused-ring (bicyclic) bond motifs is 1. The van der Waals surface area contributed by atoms with Crippen molar-refractivity contribution in [2.24, 2.45) is 0 Å². The number of rotatable bonds is 5. The highest BCUT2D eigenvalue weighted by Gasteiger charge is 2.32. The van der Waals surface area contributed by atoms with E-state index in [-0.39, 0.29) is 17.9 Å². The number of furan rings is 1. The maximum absolute atomic E-state index is 13.4. The van der Waals surface area contributed by atoms with Crippen molar-refractivity contribution in [1.29, 1.82) is 0 Å². The molecule has 6 nitrogen and oxygen atoms in total. The minimum Gasteiger partial charge on any atom is -0.468 e. The molecule has 1 unspecified atom stereocenters. The first-order chi connectivity index (χ1) is 13.6. The first-order valence-corrected chi connectivity index (χ1v) is 10.1. The van der Waals surface area contributed by atoms with Crippen molar-refractivity contribution in [3.8, 4) is 0 Å². The van der Waals surface area contributed by atoms with Gasteiger partial charge in [0.2, 0.25) is 11.8 Å². The minimum atomic E-state index is -0.190. The molecule has 0 spiro atoms. The van der Waals surface area contributed by atoms with Gasteiger partial charge in [0.1, 0.15) is 5.76 Å². The van der Waals surface area contributed by atoms with Crippen LogP contribution in [-0.2, 0) is 16.1 Å². The molecule has 1 aromatic carbocycles. The van der Waals surface area contributed by atoms with Crippen LogP contribution in [0.4, 0.5) is 11.4 Å². The third-order valence-electron chi connectivity index (χ3n) is 5.75. The average molecular weight is 381 g/mol. The van der Waals surface area contributed by atoms with Gasteiger partial charge in [-0.1, -0.05) is 25.0 Å². The lowest BCUT2D eigenvalue weighted by molar-refractivity contribution is -0.121. The van der Waals surface area contributed by atoms with E-state index in [1.165, 1.54) is 12.8 Å². The normalized spacial score (nSPS) is 20.1. The van der Waals surface area contributed by atoms with Crippen molar-refractivity contribution in [1.82, 2.24) is 4.90 Å². The summed E-state index contributed by atoms with van der Waals surface area (Å²) in [6.45, 7) is 2.88. The number of carbonyl (C=O) groups excluding carboxylic acids is 2. The second-order valence-electron chi connectivity index (χ2n) is 7.80. The second kappa shape index (κ2) is 8.19. The van der Waals surface area contributed by atoms with Crippen LogP contribution in [0, 0.1) is 0 Å². The molecule has 1 aliphatic heterocycles. The molecule has 2 aromatic rings. The highest BCUT2D eigenvalue weighted by atomic mass is 16.3. The van der Waals surface area contributed by atoms with Crippen LogP contribution in [0.2, 0.25) is 0 Å². The van der Waals surface area contributed by atoms with Crippen molar-refractivity contribution in [2.45, 2.75) is 57.7 Å². The molecule has 0 bridgehead atoms. The number of carbonyl (C=O) groups is 2. The molecule has 1 N–H and O–H groups in total. The predicted molar refractivity (Wildman–Crippen MR) is 108 cm³/mol. The molecule has 0 saturated heterocycles. The van der Waals surface area contributed by atoms with Crippen LogP contribution in [0.1, 0.15) is 44.8 Å². The van der Waals surface area contributed by atoms with E-state index in [1.54, 1.807) is 11.2 Å². The Morgan fingerprint density at radius 2 is 2.00 bits per heavy atom. The summed E-state index contributed by atoms with van der Waals surface area (Å²) in [6.07, 6.45) is 6.60. The van der Waals surface area contributed by atoms with E-state index in [1.807, 2.05) is 43.3 Å². The molecule has 1 aliphatic carbocycles. The van der Waals surface area contributed by atoms with E-state index in [0.717, 1.165) is 24.3 Å². The van der Waals surface area contributed by atoms with Crippen LogP contribution < -0.4 is 10.2 Å². The standard InChI is InChI=1S/C22H27N3O3/c1-16-13-21(26)23-19-10-4-5-11-20(19)25(16)22(27)15-24(17-7-2-3-8-17)14-18-9-6-12-28-18/h4-6,9-12,16-17H,2-3,7-8,13-15H2,1H3,(H,23,26). The first kappa shape index (κ1) is 18.7. The van der Waals surface area contributed by atoms with Crippen molar-refractivity contribution in [2.75, 3.05) is 16.8 Å². The van der Waals surface area contributed by atoms with Gasteiger partial charge in [0.25, 0.3) is 0 Å². The van der Waals surface area contributed by atoms with E-state index in [0.29, 0.717) is 31.2 Å². The molecule has 1 atom stereocenters. The monoisotopic (exact) mass is 381 g/mol. The van der Waals surface area contributed by atoms with Gasteiger partial charge in [0, 0.05) is 18.5 Å². The van der Waals surface area contributed by atoms with Crippen molar-refractivity contribution in [3.05, 3.63) is 48.4 Å². The summed E-state index contributed by atoms with van der Waals surface area (Å²) >= 11 is 0. The Kier molecular flexibility index (Phi) is 5.48. The molecule has 2 heterocycles. The number of amides is 2. The lowest BCUT2D eigenvalue weighted by Gasteiger charge is -2.33. The van der Waals surface area contributed by atoms with E-state index in [9.17, 15) is 9.59 Å². The van der Waals surface area contributed by atoms with Crippen LogP contribution >= 0.6 is 0 Å². The summed E-state index contributed by atoms with van der Waals surface area (Å²) in [5, 5.41) is 2.92. The molecular weight excluding hydrogens is 354 g/mol. The van der Waals surface area contributed by atoms with Gasteiger partial charge in [-0.2, -0.15) is 0 Å². The average Bonchev–Trinajstić information content (AvgIpc) is 3.34. The maximum atomic E-state index is 13.4. The summed E-state index contributed by atoms with van der Waals surface area (Å²) in [5.74, 6) is 0.842. The summed E-state index contributed by atoms with van der Waals surface area (Å²) in [7, 11) is 0. The fourth-order valence-corrected chi connectivity index (χ4v) is 4.40. The van der Waals surface area contributed by atoms with Crippen molar-refractivity contribution in [3.63, 3.8) is 0 Å². The maximum Gasteiger partial charge on any atom is 0.241 e. The number of benzene rings is 1. The topological polar surface area (TPSA) is 65.8 Å². The summed E-state index contributed by atoms with van der Waals surface area (Å²) in [4.78, 5) is 29.7. The third kappa shape index (κ3) is 3.97. The molecule has 1 saturated carbocycles. The van der Waals surface area contributed by atoms with Crippen LogP contribution in [0.25, 0.3) is 0 Å². The lowest BCUT2D eigenvalue weighted by atomic mass is 10.1. The van der Waals surface area contributed by atoms with Crippen LogP contribution in [0.3, 0.4) is 0 Å². The van der Waals surface area contributed by atoms with Crippen LogP contribution in [0.5, 0.6) is 0 Å². The smallest absolute Gasteiger partial charge is 0.241 e. The number of nitrogens with zero attached hydrogens (tertiary/aromatic N) is 2. The zero-order chi connectivity index (χ0) is 19.5. The Balaban J connectivity index is 1.58. The lowest BCUT2D eigenvalue weighted by Crippen LogP contribution is -2.47. The van der Waals surface area contributed by atoms with E-state index in [2.05, 4.69) is 10.2 Å². The van der Waals surface area contributed by atoms with Gasteiger partial charge in [0.05, 0.1) is 30.7 Å². The van der Waals surface area contributed by atoms with Gasteiger partial charge in [-0.15, -0.1) is 0 Å². The minimum absolute atomic E-state index is 0.0231. The Morgan fingerprint density at radius 3 is 2.75 bits per heavy atom. The SMILES string of the molecule is CC1CC(=O)Nc2ccccc2N1C(=O)CN(Cc1ccco1)C1CCCC1. The Bertz CT molecular complexity index is 827. The Morgan fingerprint density at radius 1 is 1.21 bits per heavy atom. The van der Waals surface area contributed by atoms with E-state index < -0.39 is 0 Å². The van der Waals surface area contributed by atoms with E-state index in [4.69, 9.17) is 4.42 Å². The molecule has 6 heteroatoms. The zero-order valence-electron chi connectivity index (χ0n) is 16.3. The van der Waals surface area contributed by atoms with E-state index >= 15 is 0 Å². The van der Waals surface area contributed by atoms with Crippen LogP contribution in [-0.4, -0.2) is 35.3 Å². The highest BCUT2D eigenvalue weighted by Crippen LogP contribution is 2.32. The van der Waals surface area contributed by atoms with Gasteiger partial charge in [0.15, 0.2) is 0 Å². The molecule has 0 radical (unpaired) electrons. The summed E-state index contributed by atoms with van der Waals surface area (Å²) in [6, 6.07) is 11.6. The van der Waals surface area contributed by atoms with Crippen molar-refractivity contribution < 1.29 is 14.0 Å². The largest absolute Gasteiger partial charge is 0.468 e. The Hall–Kier alpha value is -2.60. The molecule has 1 fully saturated rings. The molecule has 4 rings (SSSR count). The number of hydrogen-bond acceptors (Lipinski definition) is 4. The zero-order valence-corrected chi connectivity index (χ0v) is 16.3. The van der Waals surface area contributed by atoms with Gasteiger partial charge in [-0.3, -0.25) is 14.5 Å². The molecule has 2 aliphatic rings. The number of para-hydroxylation sites is 2. The van der Waals surface area contributed by atoms with Gasteiger partial charge in [-0.25, -0.2) is 0 Å². The first-order valence-electron chi connectivity index (χ1n) is 10.1. The Labute approximate surface area is 165 Å². The van der Waals surface area contributed by atoms with Gasteiger partial charge < -0.3 is 14.6 Å². The molecular formula is C22H27N3O3.